The number of carbonyl (C=O) groups is 2. The van der Waals surface area contributed by atoms with Crippen molar-refractivity contribution in [2.75, 3.05) is 25.6 Å². The van der Waals surface area contributed by atoms with E-state index in [0.717, 1.165) is 22.4 Å². The minimum atomic E-state index is -0.481. The predicted molar refractivity (Wildman–Crippen MR) is 150 cm³/mol. The van der Waals surface area contributed by atoms with E-state index in [0.29, 0.717) is 41.5 Å². The lowest BCUT2D eigenvalue weighted by Crippen LogP contribution is -2.35. The van der Waals surface area contributed by atoms with Crippen LogP contribution >= 0.6 is 0 Å². The molecule has 0 saturated heterocycles. The molecule has 0 atom stereocenters. The van der Waals surface area contributed by atoms with Crippen molar-refractivity contribution in [3.63, 3.8) is 0 Å². The molecule has 0 N–H and O–H groups in total. The van der Waals surface area contributed by atoms with Gasteiger partial charge in [-0.15, -0.1) is 0 Å². The number of aryl methyl sites for hydroxylation is 1. The highest BCUT2D eigenvalue weighted by Gasteiger charge is 2.17. The monoisotopic (exact) mass is 525 g/mol. The second-order valence-corrected chi connectivity index (χ2v) is 9.47. The maximum absolute atomic E-state index is 12.8. The Kier molecular flexibility index (Phi) is 8.61. The standard InChI is InChI=1S/C32H33N2O5/c1-22-8-6-7-9-28(22)32(36)39-30-15-14-29(23(2)24(30)3)38-31(35)25-10-12-27(13-11-25)37-21-20-34-18-16-26(17-19-34)33(4)5/h6-19H,20-21H2,1-5H3/q+1. The van der Waals surface area contributed by atoms with E-state index >= 15 is 0 Å². The van der Waals surface area contributed by atoms with Crippen LogP contribution in [-0.4, -0.2) is 32.6 Å². The first-order chi connectivity index (χ1) is 18.7. The summed E-state index contributed by atoms with van der Waals surface area (Å²) in [7, 11) is 4.01. The molecule has 0 radical (unpaired) electrons. The maximum atomic E-state index is 12.8. The predicted octanol–water partition coefficient (Wildman–Crippen LogP) is 5.48. The second kappa shape index (κ2) is 12.3. The van der Waals surface area contributed by atoms with Crippen molar-refractivity contribution in [1.29, 1.82) is 0 Å². The molecule has 39 heavy (non-hydrogen) atoms. The van der Waals surface area contributed by atoms with Gasteiger partial charge < -0.3 is 19.1 Å². The van der Waals surface area contributed by atoms with Crippen LogP contribution in [0, 0.1) is 20.8 Å². The third-order valence-electron chi connectivity index (χ3n) is 6.56. The summed E-state index contributed by atoms with van der Waals surface area (Å²) in [5, 5.41) is 0. The lowest BCUT2D eigenvalue weighted by molar-refractivity contribution is -0.697. The lowest BCUT2D eigenvalue weighted by Gasteiger charge is -2.14. The molecule has 0 bridgehead atoms. The topological polar surface area (TPSA) is 68.9 Å². The Morgan fingerprint density at radius 3 is 1.92 bits per heavy atom. The fourth-order valence-corrected chi connectivity index (χ4v) is 3.96. The highest BCUT2D eigenvalue weighted by atomic mass is 16.5. The van der Waals surface area contributed by atoms with Gasteiger partial charge in [0.1, 0.15) is 23.9 Å². The molecular weight excluding hydrogens is 492 g/mol. The smallest absolute Gasteiger partial charge is 0.343 e. The van der Waals surface area contributed by atoms with Crippen molar-refractivity contribution >= 4 is 17.6 Å². The molecule has 200 valence electrons. The van der Waals surface area contributed by atoms with E-state index in [9.17, 15) is 9.59 Å². The first-order valence-electron chi connectivity index (χ1n) is 12.7. The van der Waals surface area contributed by atoms with Crippen LogP contribution in [0.3, 0.4) is 0 Å². The molecule has 0 aliphatic heterocycles. The Morgan fingerprint density at radius 1 is 0.744 bits per heavy atom. The maximum Gasteiger partial charge on any atom is 0.343 e. The van der Waals surface area contributed by atoms with Gasteiger partial charge in [-0.2, -0.15) is 0 Å². The van der Waals surface area contributed by atoms with E-state index in [2.05, 4.69) is 21.6 Å². The third-order valence-corrected chi connectivity index (χ3v) is 6.56. The van der Waals surface area contributed by atoms with Crippen molar-refractivity contribution < 1.29 is 28.4 Å². The van der Waals surface area contributed by atoms with Crippen LogP contribution in [0.1, 0.15) is 37.4 Å². The van der Waals surface area contributed by atoms with Crippen molar-refractivity contribution in [3.8, 4) is 17.2 Å². The number of pyridine rings is 1. The SMILES string of the molecule is Cc1ccccc1C(=O)Oc1ccc(OC(=O)c2ccc(OCC[n+]3ccc(N(C)C)cc3)cc2)c(C)c1C. The van der Waals surface area contributed by atoms with Crippen LogP contribution in [0.2, 0.25) is 0 Å². The zero-order valence-electron chi connectivity index (χ0n) is 22.9. The quantitative estimate of drug-likeness (QED) is 0.164. The third kappa shape index (κ3) is 6.82. The Labute approximate surface area is 229 Å². The number of anilines is 1. The molecule has 0 amide bonds. The number of hydrogen-bond donors (Lipinski definition) is 0. The van der Waals surface area contributed by atoms with Crippen LogP contribution in [0.5, 0.6) is 17.2 Å². The lowest BCUT2D eigenvalue weighted by atomic mass is 10.1. The summed E-state index contributed by atoms with van der Waals surface area (Å²) >= 11 is 0. The molecular formula is C32H33N2O5+. The highest BCUT2D eigenvalue weighted by molar-refractivity contribution is 5.93. The molecule has 3 aromatic carbocycles. The van der Waals surface area contributed by atoms with Crippen LogP contribution in [0.15, 0.2) is 85.2 Å². The molecule has 4 aromatic rings. The van der Waals surface area contributed by atoms with E-state index in [4.69, 9.17) is 14.2 Å². The summed E-state index contributed by atoms with van der Waals surface area (Å²) < 4.78 is 19.2. The Bertz CT molecular complexity index is 1460. The summed E-state index contributed by atoms with van der Waals surface area (Å²) in [5.74, 6) is 0.595. The van der Waals surface area contributed by atoms with E-state index < -0.39 is 11.9 Å². The average molecular weight is 526 g/mol. The van der Waals surface area contributed by atoms with Gasteiger partial charge in [0.25, 0.3) is 0 Å². The molecule has 7 nitrogen and oxygen atoms in total. The zero-order valence-corrected chi connectivity index (χ0v) is 22.9. The van der Waals surface area contributed by atoms with E-state index in [1.54, 1.807) is 48.5 Å². The number of rotatable bonds is 9. The Morgan fingerprint density at radius 2 is 1.33 bits per heavy atom. The van der Waals surface area contributed by atoms with Crippen molar-refractivity contribution in [1.82, 2.24) is 0 Å². The normalized spacial score (nSPS) is 10.6. The molecule has 1 heterocycles. The molecule has 0 unspecified atom stereocenters. The molecule has 1 aromatic heterocycles. The number of carbonyl (C=O) groups excluding carboxylic acids is 2. The molecule has 0 aliphatic rings. The van der Waals surface area contributed by atoms with Gasteiger partial charge in [-0.1, -0.05) is 18.2 Å². The minimum absolute atomic E-state index is 0.406. The Hall–Kier alpha value is -4.65. The minimum Gasteiger partial charge on any atom is -0.487 e. The van der Waals surface area contributed by atoms with Gasteiger partial charge in [-0.05, 0) is 79.9 Å². The van der Waals surface area contributed by atoms with Gasteiger partial charge in [-0.3, -0.25) is 0 Å². The summed E-state index contributed by atoms with van der Waals surface area (Å²) in [6.07, 6.45) is 4.03. The molecule has 0 aliphatic carbocycles. The van der Waals surface area contributed by atoms with Crippen molar-refractivity contribution in [2.24, 2.45) is 0 Å². The second-order valence-electron chi connectivity index (χ2n) is 9.47. The first kappa shape index (κ1) is 27.4. The van der Waals surface area contributed by atoms with E-state index in [1.165, 1.54) is 0 Å². The zero-order chi connectivity index (χ0) is 27.9. The fourth-order valence-electron chi connectivity index (χ4n) is 3.96. The van der Waals surface area contributed by atoms with Crippen molar-refractivity contribution in [2.45, 2.75) is 27.3 Å². The fraction of sp³-hybridized carbons (Fsp3) is 0.219. The molecule has 0 spiro atoms. The number of benzene rings is 3. The summed E-state index contributed by atoms with van der Waals surface area (Å²) in [6.45, 7) is 6.71. The molecule has 0 saturated carbocycles. The molecule has 0 fully saturated rings. The number of hydrogen-bond acceptors (Lipinski definition) is 6. The van der Waals surface area contributed by atoms with Crippen LogP contribution in [0.25, 0.3) is 0 Å². The van der Waals surface area contributed by atoms with Gasteiger partial charge in [0.05, 0.1) is 11.1 Å². The van der Waals surface area contributed by atoms with Gasteiger partial charge in [-0.25, -0.2) is 14.2 Å². The van der Waals surface area contributed by atoms with E-state index in [-0.39, 0.29) is 0 Å². The summed E-state index contributed by atoms with van der Waals surface area (Å²) in [5.41, 5.74) is 4.33. The van der Waals surface area contributed by atoms with Gasteiger partial charge in [0.15, 0.2) is 18.9 Å². The van der Waals surface area contributed by atoms with Crippen molar-refractivity contribution in [3.05, 3.63) is 113 Å². The van der Waals surface area contributed by atoms with Crippen LogP contribution < -0.4 is 23.7 Å². The molecule has 4 rings (SSSR count). The largest absolute Gasteiger partial charge is 0.487 e. The number of esters is 2. The summed E-state index contributed by atoms with van der Waals surface area (Å²) in [6, 6.07) is 21.5. The Balaban J connectivity index is 1.33. The average Bonchev–Trinajstić information content (AvgIpc) is 2.93. The number of aromatic nitrogens is 1. The van der Waals surface area contributed by atoms with Gasteiger partial charge in [0.2, 0.25) is 0 Å². The highest BCUT2D eigenvalue weighted by Crippen LogP contribution is 2.30. The van der Waals surface area contributed by atoms with E-state index in [1.807, 2.05) is 59.4 Å². The first-order valence-corrected chi connectivity index (χ1v) is 12.7. The van der Waals surface area contributed by atoms with Gasteiger partial charge >= 0.3 is 11.9 Å². The number of ether oxygens (including phenoxy) is 3. The molecule has 7 heteroatoms. The van der Waals surface area contributed by atoms with Crippen LogP contribution in [0.4, 0.5) is 5.69 Å². The number of nitrogens with zero attached hydrogens (tertiary/aromatic N) is 2. The van der Waals surface area contributed by atoms with Gasteiger partial charge in [0, 0.05) is 31.9 Å². The van der Waals surface area contributed by atoms with Crippen LogP contribution in [-0.2, 0) is 6.54 Å². The summed E-state index contributed by atoms with van der Waals surface area (Å²) in [4.78, 5) is 27.5.